The van der Waals surface area contributed by atoms with Crippen LogP contribution in [-0.4, -0.2) is 9.97 Å². The van der Waals surface area contributed by atoms with Crippen molar-refractivity contribution in [2.24, 2.45) is 0 Å². The van der Waals surface area contributed by atoms with Gasteiger partial charge in [0.25, 0.3) is 0 Å². The summed E-state index contributed by atoms with van der Waals surface area (Å²) in [7, 11) is 0. The van der Waals surface area contributed by atoms with Gasteiger partial charge in [0.05, 0.1) is 11.3 Å². The van der Waals surface area contributed by atoms with Gasteiger partial charge in [-0.1, -0.05) is 0 Å². The van der Waals surface area contributed by atoms with Crippen LogP contribution in [0.25, 0.3) is 11.3 Å². The number of anilines is 1. The fraction of sp³-hybridized carbons (Fsp3) is 0.312. The molecule has 0 spiro atoms. The van der Waals surface area contributed by atoms with E-state index in [4.69, 9.17) is 10.7 Å². The Labute approximate surface area is 118 Å². The van der Waals surface area contributed by atoms with E-state index in [0.29, 0.717) is 11.4 Å². The summed E-state index contributed by atoms with van der Waals surface area (Å²) in [5, 5.41) is 9.39. The van der Waals surface area contributed by atoms with Crippen molar-refractivity contribution in [3.05, 3.63) is 40.7 Å². The number of hydrogen-bond acceptors (Lipinski definition) is 4. The maximum Gasteiger partial charge on any atom is 0.123 e. The Morgan fingerprint density at radius 1 is 1.25 bits per heavy atom. The summed E-state index contributed by atoms with van der Waals surface area (Å²) in [6, 6.07) is 6.07. The molecule has 2 aromatic rings. The van der Waals surface area contributed by atoms with Gasteiger partial charge in [-0.15, -0.1) is 0 Å². The van der Waals surface area contributed by atoms with Crippen LogP contribution in [0.1, 0.15) is 35.2 Å². The first-order valence-corrected chi connectivity index (χ1v) is 6.84. The second kappa shape index (κ2) is 4.93. The summed E-state index contributed by atoms with van der Waals surface area (Å²) in [6.45, 7) is 1.97. The predicted octanol–water partition coefficient (Wildman–Crippen LogP) is 2.78. The summed E-state index contributed by atoms with van der Waals surface area (Å²) in [5.41, 5.74) is 11.3. The third-order valence-corrected chi connectivity index (χ3v) is 3.81. The summed E-state index contributed by atoms with van der Waals surface area (Å²) < 4.78 is 0. The van der Waals surface area contributed by atoms with E-state index in [1.54, 1.807) is 6.20 Å². The molecule has 0 saturated carbocycles. The number of hydrogen-bond donors (Lipinski definition) is 1. The Morgan fingerprint density at radius 2 is 2.05 bits per heavy atom. The molecule has 0 radical (unpaired) electrons. The fourth-order valence-corrected chi connectivity index (χ4v) is 2.75. The number of nitrogen functional groups attached to an aromatic ring is 1. The molecular weight excluding hydrogens is 248 g/mol. The Balaban J connectivity index is 2.20. The first kappa shape index (κ1) is 12.6. The van der Waals surface area contributed by atoms with Crippen LogP contribution in [0.3, 0.4) is 0 Å². The molecule has 0 aromatic carbocycles. The van der Waals surface area contributed by atoms with Crippen molar-refractivity contribution in [3.8, 4) is 17.3 Å². The lowest BCUT2D eigenvalue weighted by Gasteiger charge is -2.17. The molecule has 2 aromatic heterocycles. The molecule has 20 heavy (non-hydrogen) atoms. The molecule has 0 amide bonds. The van der Waals surface area contributed by atoms with Gasteiger partial charge in [-0.2, -0.15) is 5.26 Å². The number of pyridine rings is 2. The van der Waals surface area contributed by atoms with Gasteiger partial charge in [0.15, 0.2) is 0 Å². The smallest absolute Gasteiger partial charge is 0.123 e. The molecular formula is C16H16N4. The highest BCUT2D eigenvalue weighted by Gasteiger charge is 2.17. The molecule has 0 saturated heterocycles. The molecule has 0 fully saturated rings. The van der Waals surface area contributed by atoms with Crippen molar-refractivity contribution < 1.29 is 0 Å². The number of nitriles is 1. The van der Waals surface area contributed by atoms with E-state index in [0.717, 1.165) is 35.4 Å². The third-order valence-electron chi connectivity index (χ3n) is 3.81. The topological polar surface area (TPSA) is 75.6 Å². The molecule has 0 atom stereocenters. The quantitative estimate of drug-likeness (QED) is 0.859. The Hall–Kier alpha value is -2.41. The van der Waals surface area contributed by atoms with Crippen molar-refractivity contribution in [2.45, 2.75) is 32.6 Å². The van der Waals surface area contributed by atoms with Crippen LogP contribution in [0.5, 0.6) is 0 Å². The van der Waals surface area contributed by atoms with Gasteiger partial charge in [0, 0.05) is 17.5 Å². The minimum atomic E-state index is 0.489. The molecule has 1 aliphatic rings. The minimum Gasteiger partial charge on any atom is -0.384 e. The Kier molecular flexibility index (Phi) is 3.11. The number of rotatable bonds is 1. The van der Waals surface area contributed by atoms with Gasteiger partial charge in [0.2, 0.25) is 0 Å². The molecule has 0 bridgehead atoms. The summed E-state index contributed by atoms with van der Waals surface area (Å²) in [4.78, 5) is 8.87. The van der Waals surface area contributed by atoms with E-state index in [9.17, 15) is 5.26 Å². The van der Waals surface area contributed by atoms with Crippen molar-refractivity contribution in [2.75, 3.05) is 5.73 Å². The molecule has 100 valence electrons. The lowest BCUT2D eigenvalue weighted by atomic mass is 9.92. The van der Waals surface area contributed by atoms with E-state index in [1.165, 1.54) is 18.4 Å². The summed E-state index contributed by atoms with van der Waals surface area (Å²) >= 11 is 0. The molecule has 2 heterocycles. The van der Waals surface area contributed by atoms with Crippen LogP contribution in [0, 0.1) is 18.3 Å². The average molecular weight is 264 g/mol. The van der Waals surface area contributed by atoms with E-state index in [2.05, 4.69) is 11.1 Å². The Bertz CT molecular complexity index is 713. The summed E-state index contributed by atoms with van der Waals surface area (Å²) in [5.74, 6) is 0.489. The first-order chi connectivity index (χ1) is 9.69. The zero-order valence-corrected chi connectivity index (χ0v) is 11.5. The van der Waals surface area contributed by atoms with E-state index >= 15 is 0 Å². The second-order valence-electron chi connectivity index (χ2n) is 5.23. The van der Waals surface area contributed by atoms with Gasteiger partial charge in [-0.05, 0) is 55.9 Å². The zero-order chi connectivity index (χ0) is 14.1. The molecule has 2 N–H and O–H groups in total. The largest absolute Gasteiger partial charge is 0.384 e. The number of nitrogens with zero attached hydrogens (tertiary/aromatic N) is 3. The van der Waals surface area contributed by atoms with Crippen LogP contribution < -0.4 is 5.73 Å². The van der Waals surface area contributed by atoms with Gasteiger partial charge in [0.1, 0.15) is 11.9 Å². The normalized spacial score (nSPS) is 13.6. The van der Waals surface area contributed by atoms with Gasteiger partial charge in [-0.3, -0.25) is 4.98 Å². The van der Waals surface area contributed by atoms with Crippen molar-refractivity contribution in [1.82, 2.24) is 9.97 Å². The average Bonchev–Trinajstić information content (AvgIpc) is 2.46. The number of nitrogens with two attached hydrogens (primary N) is 1. The van der Waals surface area contributed by atoms with E-state index in [1.807, 2.05) is 19.1 Å². The van der Waals surface area contributed by atoms with Crippen molar-refractivity contribution in [1.29, 1.82) is 5.26 Å². The lowest BCUT2D eigenvalue weighted by molar-refractivity contribution is 0.668. The van der Waals surface area contributed by atoms with E-state index in [-0.39, 0.29) is 0 Å². The highest BCUT2D eigenvalue weighted by Crippen LogP contribution is 2.29. The maximum atomic E-state index is 9.39. The molecule has 1 aliphatic carbocycles. The number of fused-ring (bicyclic) bond motifs is 1. The standard InChI is InChI=1S/C16H16N4/c1-10-6-15(18)19-9-13(10)16-12(8-17)7-11-4-2-3-5-14(11)20-16/h6-7,9H,2-5H2,1H3,(H2,18,19). The van der Waals surface area contributed by atoms with Crippen molar-refractivity contribution >= 4 is 5.82 Å². The molecule has 4 heteroatoms. The van der Waals surface area contributed by atoms with Crippen LogP contribution in [0.4, 0.5) is 5.82 Å². The van der Waals surface area contributed by atoms with Gasteiger partial charge >= 0.3 is 0 Å². The third kappa shape index (κ3) is 2.12. The predicted molar refractivity (Wildman–Crippen MR) is 78.0 cm³/mol. The maximum absolute atomic E-state index is 9.39. The van der Waals surface area contributed by atoms with E-state index < -0.39 is 0 Å². The Morgan fingerprint density at radius 3 is 2.80 bits per heavy atom. The van der Waals surface area contributed by atoms with Gasteiger partial charge in [-0.25, -0.2) is 4.98 Å². The summed E-state index contributed by atoms with van der Waals surface area (Å²) in [6.07, 6.45) is 6.08. The van der Waals surface area contributed by atoms with Crippen LogP contribution in [0.15, 0.2) is 18.3 Å². The minimum absolute atomic E-state index is 0.489. The van der Waals surface area contributed by atoms with Gasteiger partial charge < -0.3 is 5.73 Å². The van der Waals surface area contributed by atoms with Crippen molar-refractivity contribution in [3.63, 3.8) is 0 Å². The molecule has 3 rings (SSSR count). The van der Waals surface area contributed by atoms with Crippen LogP contribution in [0.2, 0.25) is 0 Å². The fourth-order valence-electron chi connectivity index (χ4n) is 2.75. The SMILES string of the molecule is Cc1cc(N)ncc1-c1nc2c(cc1C#N)CCCC2. The highest BCUT2D eigenvalue weighted by molar-refractivity contribution is 5.70. The first-order valence-electron chi connectivity index (χ1n) is 6.84. The lowest BCUT2D eigenvalue weighted by Crippen LogP contribution is -2.08. The second-order valence-corrected chi connectivity index (χ2v) is 5.23. The van der Waals surface area contributed by atoms with Crippen LogP contribution >= 0.6 is 0 Å². The molecule has 0 unspecified atom stereocenters. The molecule has 0 aliphatic heterocycles. The van der Waals surface area contributed by atoms with Crippen LogP contribution in [-0.2, 0) is 12.8 Å². The number of aryl methyl sites for hydroxylation is 3. The molecule has 4 nitrogen and oxygen atoms in total. The zero-order valence-electron chi connectivity index (χ0n) is 11.5. The number of aromatic nitrogens is 2. The highest BCUT2D eigenvalue weighted by atomic mass is 14.8. The monoisotopic (exact) mass is 264 g/mol.